The highest BCUT2D eigenvalue weighted by atomic mass is 16.1. The molecule has 3 nitrogen and oxygen atoms in total. The molecule has 1 aromatic carbocycles. The van der Waals surface area contributed by atoms with Crippen LogP contribution in [0.2, 0.25) is 0 Å². The molecule has 2 rings (SSSR count). The number of carbonyl (C=O) groups excluding carboxylic acids is 1. The number of hydrogen-bond donors (Lipinski definition) is 1. The molecule has 0 spiro atoms. The van der Waals surface area contributed by atoms with E-state index in [-0.39, 0.29) is 5.91 Å². The van der Waals surface area contributed by atoms with E-state index >= 15 is 0 Å². The highest BCUT2D eigenvalue weighted by Crippen LogP contribution is 2.10. The first-order valence-electron chi connectivity index (χ1n) is 6.77. The Bertz CT molecular complexity index is 574. The van der Waals surface area contributed by atoms with Gasteiger partial charge < -0.3 is 5.32 Å². The normalized spacial score (nSPS) is 10.7. The molecule has 1 amide bonds. The van der Waals surface area contributed by atoms with E-state index in [9.17, 15) is 4.79 Å². The summed E-state index contributed by atoms with van der Waals surface area (Å²) in [5.74, 6) is -0.111. The number of anilines is 1. The zero-order valence-electron chi connectivity index (χ0n) is 11.5. The van der Waals surface area contributed by atoms with Gasteiger partial charge in [-0.15, -0.1) is 0 Å². The Balaban J connectivity index is 2.00. The van der Waals surface area contributed by atoms with Crippen LogP contribution in [0.15, 0.2) is 54.9 Å². The van der Waals surface area contributed by atoms with Crippen molar-refractivity contribution in [1.82, 2.24) is 4.98 Å². The summed E-state index contributed by atoms with van der Waals surface area (Å²) >= 11 is 0. The largest absolute Gasteiger partial charge is 0.322 e. The number of carbonyl (C=O) groups is 1. The van der Waals surface area contributed by atoms with Crippen LogP contribution in [0.4, 0.5) is 5.69 Å². The first-order chi connectivity index (χ1) is 9.79. The van der Waals surface area contributed by atoms with Crippen LogP contribution in [0.3, 0.4) is 0 Å². The fourth-order valence-electron chi connectivity index (χ4n) is 1.77. The Labute approximate surface area is 119 Å². The summed E-state index contributed by atoms with van der Waals surface area (Å²) < 4.78 is 0. The second-order valence-corrected chi connectivity index (χ2v) is 4.50. The topological polar surface area (TPSA) is 42.0 Å². The lowest BCUT2D eigenvalue weighted by atomic mass is 10.1. The number of benzene rings is 1. The maximum Gasteiger partial charge on any atom is 0.255 e. The number of aromatic nitrogens is 1. The summed E-state index contributed by atoms with van der Waals surface area (Å²) in [4.78, 5) is 15.9. The lowest BCUT2D eigenvalue weighted by Crippen LogP contribution is -2.11. The molecule has 1 aromatic heterocycles. The van der Waals surface area contributed by atoms with Gasteiger partial charge in [-0.1, -0.05) is 37.6 Å². The van der Waals surface area contributed by atoms with Gasteiger partial charge in [0.15, 0.2) is 0 Å². The molecule has 1 heterocycles. The highest BCUT2D eigenvalue weighted by molar-refractivity contribution is 6.04. The Kier molecular flexibility index (Phi) is 5.07. The van der Waals surface area contributed by atoms with Gasteiger partial charge in [0.1, 0.15) is 0 Å². The summed E-state index contributed by atoms with van der Waals surface area (Å²) in [6, 6.07) is 11.1. The minimum atomic E-state index is -0.111. The number of nitrogens with zero attached hydrogens (tertiary/aromatic N) is 1. The lowest BCUT2D eigenvalue weighted by Gasteiger charge is -2.04. The number of allylic oxidation sites excluding steroid dienone is 1. The van der Waals surface area contributed by atoms with E-state index in [1.807, 2.05) is 24.3 Å². The van der Waals surface area contributed by atoms with E-state index < -0.39 is 0 Å². The van der Waals surface area contributed by atoms with Crippen LogP contribution in [0, 0.1) is 0 Å². The molecule has 20 heavy (non-hydrogen) atoms. The highest BCUT2D eigenvalue weighted by Gasteiger charge is 2.04. The van der Waals surface area contributed by atoms with E-state index in [0.29, 0.717) is 5.56 Å². The molecule has 0 saturated carbocycles. The average molecular weight is 266 g/mol. The molecule has 102 valence electrons. The van der Waals surface area contributed by atoms with Gasteiger partial charge >= 0.3 is 0 Å². The molecule has 0 fully saturated rings. The van der Waals surface area contributed by atoms with Crippen LogP contribution in [0.5, 0.6) is 0 Å². The van der Waals surface area contributed by atoms with Gasteiger partial charge in [-0.25, -0.2) is 0 Å². The second kappa shape index (κ2) is 7.24. The number of unbranched alkanes of at least 4 members (excludes halogenated alkanes) is 1. The van der Waals surface area contributed by atoms with Gasteiger partial charge in [-0.2, -0.15) is 0 Å². The van der Waals surface area contributed by atoms with Crippen molar-refractivity contribution in [1.29, 1.82) is 0 Å². The molecule has 0 atom stereocenters. The molecule has 3 heteroatoms. The number of amides is 1. The van der Waals surface area contributed by atoms with Crippen molar-refractivity contribution >= 4 is 17.7 Å². The van der Waals surface area contributed by atoms with Crippen LogP contribution in [-0.4, -0.2) is 10.9 Å². The summed E-state index contributed by atoms with van der Waals surface area (Å²) in [5.41, 5.74) is 2.50. The Morgan fingerprint density at radius 1 is 1.15 bits per heavy atom. The first kappa shape index (κ1) is 14.0. The quantitative estimate of drug-likeness (QED) is 0.883. The zero-order valence-corrected chi connectivity index (χ0v) is 11.5. The fraction of sp³-hybridized carbons (Fsp3) is 0.176. The van der Waals surface area contributed by atoms with Gasteiger partial charge in [0, 0.05) is 23.6 Å². The monoisotopic (exact) mass is 266 g/mol. The summed E-state index contributed by atoms with van der Waals surface area (Å²) in [6.45, 7) is 2.15. The van der Waals surface area contributed by atoms with Crippen LogP contribution >= 0.6 is 0 Å². The minimum absolute atomic E-state index is 0.111. The third-order valence-corrected chi connectivity index (χ3v) is 2.88. The van der Waals surface area contributed by atoms with E-state index in [1.165, 1.54) is 0 Å². The van der Waals surface area contributed by atoms with Crippen molar-refractivity contribution in [3.63, 3.8) is 0 Å². The van der Waals surface area contributed by atoms with Crippen molar-refractivity contribution in [2.24, 2.45) is 0 Å². The lowest BCUT2D eigenvalue weighted by molar-refractivity contribution is 0.102. The van der Waals surface area contributed by atoms with Crippen LogP contribution in [-0.2, 0) is 0 Å². The molecule has 0 radical (unpaired) electrons. The number of pyridine rings is 1. The van der Waals surface area contributed by atoms with Crippen molar-refractivity contribution in [2.45, 2.75) is 19.8 Å². The summed E-state index contributed by atoms with van der Waals surface area (Å²) in [6.07, 6.45) is 9.74. The van der Waals surface area contributed by atoms with Crippen LogP contribution in [0.25, 0.3) is 6.08 Å². The molecule has 0 aliphatic rings. The third-order valence-electron chi connectivity index (χ3n) is 2.88. The molecular weight excluding hydrogens is 248 g/mol. The van der Waals surface area contributed by atoms with E-state index in [0.717, 1.165) is 24.1 Å². The van der Waals surface area contributed by atoms with E-state index in [1.54, 1.807) is 24.5 Å². The third kappa shape index (κ3) is 4.05. The first-order valence-corrected chi connectivity index (χ1v) is 6.77. The SMILES string of the molecule is CCC/C=C/c1ccc(C(=O)Nc2ccncc2)cc1. The smallest absolute Gasteiger partial charge is 0.255 e. The fourth-order valence-corrected chi connectivity index (χ4v) is 1.77. The minimum Gasteiger partial charge on any atom is -0.322 e. The van der Waals surface area contributed by atoms with Gasteiger partial charge in [0.05, 0.1) is 0 Å². The summed E-state index contributed by atoms with van der Waals surface area (Å²) in [5, 5.41) is 2.83. The van der Waals surface area contributed by atoms with Gasteiger partial charge in [-0.05, 0) is 36.2 Å². The molecule has 1 N–H and O–H groups in total. The van der Waals surface area contributed by atoms with Crippen molar-refractivity contribution in [3.05, 3.63) is 66.0 Å². The number of rotatable bonds is 5. The summed E-state index contributed by atoms with van der Waals surface area (Å²) in [7, 11) is 0. The van der Waals surface area contributed by atoms with Gasteiger partial charge in [-0.3, -0.25) is 9.78 Å². The Morgan fingerprint density at radius 2 is 1.85 bits per heavy atom. The molecular formula is C17H18N2O. The van der Waals surface area contributed by atoms with E-state index in [2.05, 4.69) is 29.4 Å². The van der Waals surface area contributed by atoms with Crippen molar-refractivity contribution < 1.29 is 4.79 Å². The number of nitrogens with one attached hydrogen (secondary N) is 1. The molecule has 0 aliphatic heterocycles. The average Bonchev–Trinajstić information content (AvgIpc) is 2.49. The van der Waals surface area contributed by atoms with Crippen molar-refractivity contribution in [3.8, 4) is 0 Å². The molecule has 0 bridgehead atoms. The van der Waals surface area contributed by atoms with E-state index in [4.69, 9.17) is 0 Å². The predicted molar refractivity (Wildman–Crippen MR) is 82.6 cm³/mol. The Hall–Kier alpha value is -2.42. The second-order valence-electron chi connectivity index (χ2n) is 4.50. The molecule has 0 unspecified atom stereocenters. The maximum absolute atomic E-state index is 12.0. The number of hydrogen-bond acceptors (Lipinski definition) is 2. The molecule has 0 saturated heterocycles. The van der Waals surface area contributed by atoms with Crippen molar-refractivity contribution in [2.75, 3.05) is 5.32 Å². The van der Waals surface area contributed by atoms with Crippen LogP contribution < -0.4 is 5.32 Å². The predicted octanol–water partition coefficient (Wildman–Crippen LogP) is 4.15. The zero-order chi connectivity index (χ0) is 14.2. The maximum atomic E-state index is 12.0. The van der Waals surface area contributed by atoms with Gasteiger partial charge in [0.25, 0.3) is 5.91 Å². The van der Waals surface area contributed by atoms with Gasteiger partial charge in [0.2, 0.25) is 0 Å². The van der Waals surface area contributed by atoms with Crippen LogP contribution in [0.1, 0.15) is 35.7 Å². The molecule has 2 aromatic rings. The Morgan fingerprint density at radius 3 is 2.50 bits per heavy atom. The standard InChI is InChI=1S/C17H18N2O/c1-2-3-4-5-14-6-8-15(9-7-14)17(20)19-16-10-12-18-13-11-16/h4-13H,2-3H2,1H3,(H,18,19,20)/b5-4+. The molecule has 0 aliphatic carbocycles.